The van der Waals surface area contributed by atoms with E-state index in [9.17, 15) is 4.79 Å². The molecule has 0 aromatic carbocycles. The summed E-state index contributed by atoms with van der Waals surface area (Å²) in [5.41, 5.74) is -0.622. The highest BCUT2D eigenvalue weighted by atomic mass is 16.5. The Kier molecular flexibility index (Phi) is 7.63. The lowest BCUT2D eigenvalue weighted by Crippen LogP contribution is -2.59. The van der Waals surface area contributed by atoms with Gasteiger partial charge in [-0.1, -0.05) is 6.92 Å². The molecular weight excluding hydrogens is 266 g/mol. The van der Waals surface area contributed by atoms with Crippen LogP contribution in [0, 0.1) is 0 Å². The van der Waals surface area contributed by atoms with Crippen molar-refractivity contribution in [3.8, 4) is 0 Å². The van der Waals surface area contributed by atoms with Gasteiger partial charge >= 0.3 is 5.97 Å². The fourth-order valence-electron chi connectivity index (χ4n) is 2.95. The van der Waals surface area contributed by atoms with Crippen LogP contribution in [0.4, 0.5) is 0 Å². The smallest absolute Gasteiger partial charge is 0.327 e. The number of likely N-dealkylation sites (N-methyl/N-ethyl adjacent to an activating group) is 1. The summed E-state index contributed by atoms with van der Waals surface area (Å²) in [5.74, 6) is -0.136. The molecule has 0 spiro atoms. The maximum atomic E-state index is 12.4. The van der Waals surface area contributed by atoms with Gasteiger partial charge < -0.3 is 15.0 Å². The number of carbonyl (C=O) groups is 1. The molecule has 1 aliphatic rings. The van der Waals surface area contributed by atoms with Gasteiger partial charge in [0.1, 0.15) is 5.54 Å². The number of ether oxygens (including phenoxy) is 1. The summed E-state index contributed by atoms with van der Waals surface area (Å²) < 4.78 is 5.29. The van der Waals surface area contributed by atoms with E-state index in [0.717, 1.165) is 39.0 Å². The summed E-state index contributed by atoms with van der Waals surface area (Å²) in [4.78, 5) is 17.2. The maximum absolute atomic E-state index is 12.4. The predicted molar refractivity (Wildman–Crippen MR) is 86.5 cm³/mol. The Morgan fingerprint density at radius 2 is 2.10 bits per heavy atom. The first-order chi connectivity index (χ1) is 9.92. The second-order valence-corrected chi connectivity index (χ2v) is 6.41. The van der Waals surface area contributed by atoms with E-state index < -0.39 is 5.54 Å². The molecule has 0 bridgehead atoms. The third-order valence-corrected chi connectivity index (χ3v) is 4.19. The lowest BCUT2D eigenvalue weighted by molar-refractivity contribution is -0.151. The summed E-state index contributed by atoms with van der Waals surface area (Å²) in [5, 5.41) is 3.40. The minimum absolute atomic E-state index is 0.136. The van der Waals surface area contributed by atoms with Crippen molar-refractivity contribution in [2.24, 2.45) is 0 Å². The van der Waals surface area contributed by atoms with Gasteiger partial charge in [-0.3, -0.25) is 9.69 Å². The molecule has 1 heterocycles. The highest BCUT2D eigenvalue weighted by Crippen LogP contribution is 2.16. The van der Waals surface area contributed by atoms with Gasteiger partial charge in [-0.2, -0.15) is 0 Å². The molecule has 0 aliphatic carbocycles. The molecule has 1 saturated heterocycles. The number of hydrogen-bond donors (Lipinski definition) is 1. The van der Waals surface area contributed by atoms with Gasteiger partial charge in [0.2, 0.25) is 0 Å². The Labute approximate surface area is 130 Å². The van der Waals surface area contributed by atoms with Crippen LogP contribution in [0.5, 0.6) is 0 Å². The molecule has 2 atom stereocenters. The zero-order valence-electron chi connectivity index (χ0n) is 14.4. The van der Waals surface area contributed by atoms with E-state index in [4.69, 9.17) is 4.74 Å². The molecule has 0 amide bonds. The first kappa shape index (κ1) is 18.4. The third kappa shape index (κ3) is 5.57. The quantitative estimate of drug-likeness (QED) is 0.719. The molecule has 1 N–H and O–H groups in total. The second kappa shape index (κ2) is 8.71. The van der Waals surface area contributed by atoms with Crippen LogP contribution < -0.4 is 5.32 Å². The molecule has 5 nitrogen and oxygen atoms in total. The van der Waals surface area contributed by atoms with Crippen LogP contribution >= 0.6 is 0 Å². The SMILES string of the molecule is CCCNC(C)(CN1CCCN(C)CC1C)C(=O)OCC. The molecule has 1 rings (SSSR count). The van der Waals surface area contributed by atoms with E-state index in [-0.39, 0.29) is 5.97 Å². The number of carbonyl (C=O) groups excluding carboxylic acids is 1. The lowest BCUT2D eigenvalue weighted by atomic mass is 10.00. The average molecular weight is 299 g/mol. The highest BCUT2D eigenvalue weighted by Gasteiger charge is 2.37. The number of nitrogens with one attached hydrogen (secondary N) is 1. The molecule has 0 saturated carbocycles. The van der Waals surface area contributed by atoms with E-state index in [0.29, 0.717) is 19.2 Å². The monoisotopic (exact) mass is 299 g/mol. The van der Waals surface area contributed by atoms with Gasteiger partial charge in [-0.25, -0.2) is 0 Å². The molecule has 21 heavy (non-hydrogen) atoms. The van der Waals surface area contributed by atoms with Crippen LogP contribution in [0.2, 0.25) is 0 Å². The fraction of sp³-hybridized carbons (Fsp3) is 0.938. The number of rotatable bonds is 7. The normalized spacial score (nSPS) is 24.3. The van der Waals surface area contributed by atoms with Crippen molar-refractivity contribution < 1.29 is 9.53 Å². The molecule has 1 fully saturated rings. The molecule has 0 radical (unpaired) electrons. The Morgan fingerprint density at radius 1 is 1.38 bits per heavy atom. The highest BCUT2D eigenvalue weighted by molar-refractivity contribution is 5.80. The van der Waals surface area contributed by atoms with Crippen LogP contribution in [-0.2, 0) is 9.53 Å². The fourth-order valence-corrected chi connectivity index (χ4v) is 2.95. The van der Waals surface area contributed by atoms with Gasteiger partial charge in [0.05, 0.1) is 6.61 Å². The van der Waals surface area contributed by atoms with E-state index in [1.807, 2.05) is 13.8 Å². The first-order valence-corrected chi connectivity index (χ1v) is 8.27. The Hall–Kier alpha value is -0.650. The van der Waals surface area contributed by atoms with Crippen LogP contribution in [-0.4, -0.2) is 73.7 Å². The number of nitrogens with zero attached hydrogens (tertiary/aromatic N) is 2. The second-order valence-electron chi connectivity index (χ2n) is 6.41. The van der Waals surface area contributed by atoms with Crippen molar-refractivity contribution in [1.82, 2.24) is 15.1 Å². The van der Waals surface area contributed by atoms with Crippen molar-refractivity contribution in [3.63, 3.8) is 0 Å². The van der Waals surface area contributed by atoms with Gasteiger partial charge in [-0.05, 0) is 60.3 Å². The van der Waals surface area contributed by atoms with Gasteiger partial charge in [0, 0.05) is 19.1 Å². The minimum Gasteiger partial charge on any atom is -0.465 e. The number of esters is 1. The molecule has 0 aromatic heterocycles. The maximum Gasteiger partial charge on any atom is 0.327 e. The van der Waals surface area contributed by atoms with Crippen molar-refractivity contribution in [3.05, 3.63) is 0 Å². The van der Waals surface area contributed by atoms with Crippen molar-refractivity contribution in [2.75, 3.05) is 46.4 Å². The molecular formula is C16H33N3O2. The van der Waals surface area contributed by atoms with Crippen LogP contribution in [0.1, 0.15) is 40.5 Å². The van der Waals surface area contributed by atoms with Gasteiger partial charge in [0.25, 0.3) is 0 Å². The summed E-state index contributed by atoms with van der Waals surface area (Å²) >= 11 is 0. The Morgan fingerprint density at radius 3 is 2.71 bits per heavy atom. The topological polar surface area (TPSA) is 44.8 Å². The van der Waals surface area contributed by atoms with Gasteiger partial charge in [-0.15, -0.1) is 0 Å². The zero-order chi connectivity index (χ0) is 15.9. The zero-order valence-corrected chi connectivity index (χ0v) is 14.4. The van der Waals surface area contributed by atoms with Gasteiger partial charge in [0.15, 0.2) is 0 Å². The molecule has 2 unspecified atom stereocenters. The summed E-state index contributed by atoms with van der Waals surface area (Å²) in [6.45, 7) is 13.4. The lowest BCUT2D eigenvalue weighted by Gasteiger charge is -2.37. The first-order valence-electron chi connectivity index (χ1n) is 8.27. The molecule has 124 valence electrons. The average Bonchev–Trinajstić information content (AvgIpc) is 2.58. The van der Waals surface area contributed by atoms with E-state index in [1.165, 1.54) is 0 Å². The third-order valence-electron chi connectivity index (χ3n) is 4.19. The van der Waals surface area contributed by atoms with Crippen LogP contribution in [0.15, 0.2) is 0 Å². The minimum atomic E-state index is -0.622. The molecule has 0 aromatic rings. The summed E-state index contributed by atoms with van der Waals surface area (Å²) in [6, 6.07) is 0.453. The molecule has 1 aliphatic heterocycles. The van der Waals surface area contributed by atoms with Crippen molar-refractivity contribution >= 4 is 5.97 Å². The Balaban J connectivity index is 2.76. The largest absolute Gasteiger partial charge is 0.465 e. The van der Waals surface area contributed by atoms with Crippen LogP contribution in [0.25, 0.3) is 0 Å². The summed E-state index contributed by atoms with van der Waals surface area (Å²) in [7, 11) is 2.17. The van der Waals surface area contributed by atoms with E-state index >= 15 is 0 Å². The standard InChI is InChI=1S/C16H33N3O2/c1-6-9-17-16(4,15(20)21-7-2)13-19-11-8-10-18(5)12-14(19)3/h14,17H,6-13H2,1-5H3. The number of hydrogen-bond acceptors (Lipinski definition) is 5. The predicted octanol–water partition coefficient (Wildman–Crippen LogP) is 1.33. The summed E-state index contributed by atoms with van der Waals surface area (Å²) in [6.07, 6.45) is 2.15. The van der Waals surface area contributed by atoms with Crippen LogP contribution in [0.3, 0.4) is 0 Å². The van der Waals surface area contributed by atoms with Crippen molar-refractivity contribution in [2.45, 2.75) is 52.1 Å². The molecule has 5 heteroatoms. The van der Waals surface area contributed by atoms with E-state index in [2.05, 4.69) is 36.0 Å². The van der Waals surface area contributed by atoms with Crippen molar-refractivity contribution in [1.29, 1.82) is 0 Å². The van der Waals surface area contributed by atoms with E-state index in [1.54, 1.807) is 0 Å². The Bertz CT molecular complexity index is 325.